The molecule has 1 aromatic heterocycles. The van der Waals surface area contributed by atoms with Gasteiger partial charge in [0, 0.05) is 36.7 Å². The number of piperidine rings is 1. The molecule has 3 aromatic rings. The summed E-state index contributed by atoms with van der Waals surface area (Å²) in [6.07, 6.45) is 6.28. The van der Waals surface area contributed by atoms with Crippen molar-refractivity contribution < 1.29 is 13.2 Å². The summed E-state index contributed by atoms with van der Waals surface area (Å²) in [5, 5.41) is 7.07. The minimum absolute atomic E-state index is 0.158. The molecular weight excluding hydrogens is 400 g/mol. The van der Waals surface area contributed by atoms with Crippen LogP contribution in [0.5, 0.6) is 0 Å². The molecule has 0 atom stereocenters. The molecule has 30 heavy (non-hydrogen) atoms. The number of hydrogen-bond acceptors (Lipinski definition) is 4. The summed E-state index contributed by atoms with van der Waals surface area (Å²) < 4.78 is 29.2. The molecule has 1 amide bonds. The Labute approximate surface area is 176 Å². The highest BCUT2D eigenvalue weighted by molar-refractivity contribution is 7.89. The van der Waals surface area contributed by atoms with Gasteiger partial charge < -0.3 is 5.32 Å². The fourth-order valence-corrected chi connectivity index (χ4v) is 5.15. The number of carbonyl (C=O) groups excluding carboxylic acids is 1. The van der Waals surface area contributed by atoms with Crippen LogP contribution in [0.4, 0.5) is 5.69 Å². The Bertz CT molecular complexity index is 1150. The van der Waals surface area contributed by atoms with Gasteiger partial charge in [0.05, 0.1) is 10.6 Å². The maximum atomic E-state index is 13.0. The summed E-state index contributed by atoms with van der Waals surface area (Å²) in [5.74, 6) is -0.346. The summed E-state index contributed by atoms with van der Waals surface area (Å²) >= 11 is 0. The van der Waals surface area contributed by atoms with Crippen molar-refractivity contribution in [2.24, 2.45) is 0 Å². The van der Waals surface area contributed by atoms with Crippen LogP contribution < -0.4 is 5.32 Å². The molecule has 7 nitrogen and oxygen atoms in total. The maximum Gasteiger partial charge on any atom is 0.255 e. The molecule has 0 spiro atoms. The van der Waals surface area contributed by atoms with Gasteiger partial charge in [0.2, 0.25) is 10.0 Å². The summed E-state index contributed by atoms with van der Waals surface area (Å²) in [4.78, 5) is 13.1. The fourth-order valence-electron chi connectivity index (χ4n) is 3.61. The van der Waals surface area contributed by atoms with Gasteiger partial charge in [-0.05, 0) is 61.7 Å². The lowest BCUT2D eigenvalue weighted by molar-refractivity contribution is 0.102. The first-order chi connectivity index (χ1) is 14.4. The summed E-state index contributed by atoms with van der Waals surface area (Å²) in [6.45, 7) is 2.85. The van der Waals surface area contributed by atoms with E-state index >= 15 is 0 Å². The van der Waals surface area contributed by atoms with Crippen molar-refractivity contribution in [2.75, 3.05) is 18.4 Å². The second-order valence-corrected chi connectivity index (χ2v) is 9.33. The molecule has 4 rings (SSSR count). The predicted molar refractivity (Wildman–Crippen MR) is 115 cm³/mol. The van der Waals surface area contributed by atoms with Gasteiger partial charge in [-0.2, -0.15) is 9.40 Å². The predicted octanol–water partition coefficient (Wildman–Crippen LogP) is 3.61. The molecule has 2 heterocycles. The van der Waals surface area contributed by atoms with E-state index in [1.807, 2.05) is 30.5 Å². The lowest BCUT2D eigenvalue weighted by Gasteiger charge is -2.26. The molecule has 1 N–H and O–H groups in total. The highest BCUT2D eigenvalue weighted by atomic mass is 32.2. The van der Waals surface area contributed by atoms with Gasteiger partial charge in [-0.15, -0.1) is 0 Å². The Morgan fingerprint density at radius 1 is 1.03 bits per heavy atom. The average Bonchev–Trinajstić information content (AvgIpc) is 3.30. The zero-order valence-corrected chi connectivity index (χ0v) is 17.6. The Morgan fingerprint density at radius 3 is 2.57 bits per heavy atom. The van der Waals surface area contributed by atoms with E-state index < -0.39 is 10.0 Å². The quantitative estimate of drug-likeness (QED) is 0.678. The van der Waals surface area contributed by atoms with Crippen LogP contribution in [0, 0.1) is 6.92 Å². The lowest BCUT2D eigenvalue weighted by Crippen LogP contribution is -2.35. The first-order valence-electron chi connectivity index (χ1n) is 9.97. The summed E-state index contributed by atoms with van der Waals surface area (Å²) in [7, 11) is -3.60. The standard InChI is InChI=1S/C22H24N4O3S/c1-17-9-10-20(30(28,29)25-12-3-2-4-13-25)16-21(17)22(27)24-18-7-5-8-19(15-18)26-14-6-11-23-26/h5-11,14-16H,2-4,12-13H2,1H3,(H,24,27). The van der Waals surface area contributed by atoms with Gasteiger partial charge in [0.15, 0.2) is 0 Å². The number of sulfonamides is 1. The molecule has 1 aliphatic heterocycles. The number of nitrogens with one attached hydrogen (secondary N) is 1. The number of anilines is 1. The van der Waals surface area contributed by atoms with Crippen LogP contribution >= 0.6 is 0 Å². The van der Waals surface area contributed by atoms with Gasteiger partial charge >= 0.3 is 0 Å². The third-order valence-corrected chi connectivity index (χ3v) is 7.17. The topological polar surface area (TPSA) is 84.3 Å². The molecule has 1 fully saturated rings. The number of aromatic nitrogens is 2. The molecule has 156 valence electrons. The van der Waals surface area contributed by atoms with E-state index in [4.69, 9.17) is 0 Å². The third kappa shape index (κ3) is 4.15. The van der Waals surface area contributed by atoms with E-state index in [2.05, 4.69) is 10.4 Å². The van der Waals surface area contributed by atoms with Crippen LogP contribution in [0.3, 0.4) is 0 Å². The molecule has 8 heteroatoms. The third-order valence-electron chi connectivity index (χ3n) is 5.28. The zero-order valence-electron chi connectivity index (χ0n) is 16.8. The van der Waals surface area contributed by atoms with Gasteiger partial charge in [-0.3, -0.25) is 4.79 Å². The Hall–Kier alpha value is -2.97. The first kappa shape index (κ1) is 20.3. The fraction of sp³-hybridized carbons (Fsp3) is 0.273. The average molecular weight is 425 g/mol. The largest absolute Gasteiger partial charge is 0.322 e. The van der Waals surface area contributed by atoms with Gasteiger partial charge in [-0.25, -0.2) is 13.1 Å². The smallest absolute Gasteiger partial charge is 0.255 e. The van der Waals surface area contributed by atoms with Gasteiger partial charge in [0.25, 0.3) is 5.91 Å². The SMILES string of the molecule is Cc1ccc(S(=O)(=O)N2CCCCC2)cc1C(=O)Nc1cccc(-n2cccn2)c1. The van der Waals surface area contributed by atoms with Crippen LogP contribution in [0.15, 0.2) is 65.8 Å². The van der Waals surface area contributed by atoms with Crippen molar-refractivity contribution in [3.05, 3.63) is 72.1 Å². The molecule has 0 aliphatic carbocycles. The number of benzene rings is 2. The molecule has 0 saturated carbocycles. The highest BCUT2D eigenvalue weighted by Crippen LogP contribution is 2.24. The minimum atomic E-state index is -3.60. The number of aryl methyl sites for hydroxylation is 1. The molecule has 1 saturated heterocycles. The Balaban J connectivity index is 1.59. The number of amides is 1. The van der Waals surface area contributed by atoms with Crippen LogP contribution in [-0.4, -0.2) is 41.5 Å². The number of rotatable bonds is 5. The van der Waals surface area contributed by atoms with Crippen molar-refractivity contribution in [1.82, 2.24) is 14.1 Å². The first-order valence-corrected chi connectivity index (χ1v) is 11.4. The zero-order chi connectivity index (χ0) is 21.1. The Morgan fingerprint density at radius 2 is 1.83 bits per heavy atom. The molecule has 0 unspecified atom stereocenters. The number of nitrogens with zero attached hydrogens (tertiary/aromatic N) is 3. The van der Waals surface area contributed by atoms with Crippen molar-refractivity contribution in [3.8, 4) is 5.69 Å². The van der Waals surface area contributed by atoms with Crippen LogP contribution in [-0.2, 0) is 10.0 Å². The van der Waals surface area contributed by atoms with Crippen LogP contribution in [0.1, 0.15) is 35.2 Å². The molecule has 1 aliphatic rings. The van der Waals surface area contributed by atoms with Crippen molar-refractivity contribution in [2.45, 2.75) is 31.1 Å². The van der Waals surface area contributed by atoms with E-state index in [0.717, 1.165) is 24.9 Å². The normalized spacial score (nSPS) is 15.1. The van der Waals surface area contributed by atoms with Crippen LogP contribution in [0.25, 0.3) is 5.69 Å². The second kappa shape index (κ2) is 8.41. The molecule has 2 aromatic carbocycles. The van der Waals surface area contributed by atoms with Crippen molar-refractivity contribution >= 4 is 21.6 Å². The van der Waals surface area contributed by atoms with E-state index in [1.54, 1.807) is 36.0 Å². The van der Waals surface area contributed by atoms with E-state index in [9.17, 15) is 13.2 Å². The number of carbonyl (C=O) groups is 1. The lowest BCUT2D eigenvalue weighted by atomic mass is 10.1. The van der Waals surface area contributed by atoms with E-state index in [0.29, 0.717) is 29.9 Å². The second-order valence-electron chi connectivity index (χ2n) is 7.40. The molecular formula is C22H24N4O3S. The van der Waals surface area contributed by atoms with Crippen molar-refractivity contribution in [3.63, 3.8) is 0 Å². The van der Waals surface area contributed by atoms with Gasteiger partial charge in [0.1, 0.15) is 0 Å². The summed E-state index contributed by atoms with van der Waals surface area (Å²) in [6, 6.07) is 13.9. The molecule has 0 bridgehead atoms. The van der Waals surface area contributed by atoms with E-state index in [-0.39, 0.29) is 10.8 Å². The van der Waals surface area contributed by atoms with Crippen LogP contribution in [0.2, 0.25) is 0 Å². The monoisotopic (exact) mass is 424 g/mol. The van der Waals surface area contributed by atoms with E-state index in [1.165, 1.54) is 10.4 Å². The number of hydrogen-bond donors (Lipinski definition) is 1. The summed E-state index contributed by atoms with van der Waals surface area (Å²) in [5.41, 5.74) is 2.48. The minimum Gasteiger partial charge on any atom is -0.322 e. The maximum absolute atomic E-state index is 13.0. The van der Waals surface area contributed by atoms with Gasteiger partial charge in [-0.1, -0.05) is 18.6 Å². The van der Waals surface area contributed by atoms with Crippen molar-refractivity contribution in [1.29, 1.82) is 0 Å². The Kier molecular flexibility index (Phi) is 5.69. The molecule has 0 radical (unpaired) electrons. The highest BCUT2D eigenvalue weighted by Gasteiger charge is 2.27.